The summed E-state index contributed by atoms with van der Waals surface area (Å²) in [6.45, 7) is 23.6. The summed E-state index contributed by atoms with van der Waals surface area (Å²) in [4.78, 5) is 16.2. The smallest absolute Gasteiger partial charge is 0.409 e. The molecule has 15 nitrogen and oxygen atoms in total. The van der Waals surface area contributed by atoms with Crippen molar-refractivity contribution in [2.75, 3.05) is 34.0 Å². The van der Waals surface area contributed by atoms with Crippen LogP contribution in [0.4, 0.5) is 4.79 Å². The number of methoxy groups -OCH3 is 2. The molecule has 1 fully saturated rings. The number of aliphatic hydroxyl groups is 3. The van der Waals surface area contributed by atoms with Crippen molar-refractivity contribution in [1.82, 2.24) is 5.32 Å². The summed E-state index contributed by atoms with van der Waals surface area (Å²) in [6, 6.07) is 3.67. The predicted molar refractivity (Wildman–Crippen MR) is 210 cm³/mol. The minimum absolute atomic E-state index is 0.00336. The Bertz CT molecular complexity index is 1540. The Kier molecular flexibility index (Phi) is 15.7. The van der Waals surface area contributed by atoms with Crippen LogP contribution >= 0.6 is 0 Å². The first-order valence-corrected chi connectivity index (χ1v) is 23.8. The first-order valence-electron chi connectivity index (χ1n) is 18.0. The molecule has 0 aromatic heterocycles. The van der Waals surface area contributed by atoms with Gasteiger partial charge in [-0.05, 0) is 86.2 Å². The number of hydrogen-bond acceptors (Lipinski definition) is 12. The average molecular weight is 797 g/mol. The van der Waals surface area contributed by atoms with Crippen LogP contribution in [0.5, 0.6) is 11.5 Å². The molecule has 0 unspecified atom stereocenters. The van der Waals surface area contributed by atoms with Gasteiger partial charge in [-0.1, -0.05) is 58.6 Å². The van der Waals surface area contributed by atoms with Gasteiger partial charge in [0.2, 0.25) is 5.79 Å². The minimum atomic E-state index is -2.70. The fourth-order valence-corrected chi connectivity index (χ4v) is 7.60. The van der Waals surface area contributed by atoms with Gasteiger partial charge in [0.1, 0.15) is 17.7 Å². The molecule has 0 aliphatic carbocycles. The molecule has 0 saturated carbocycles. The van der Waals surface area contributed by atoms with Gasteiger partial charge in [-0.3, -0.25) is 0 Å². The van der Waals surface area contributed by atoms with E-state index in [1.54, 1.807) is 39.0 Å². The highest BCUT2D eigenvalue weighted by Crippen LogP contribution is 2.45. The fraction of sp³-hybridized carbons (Fsp3) is 0.757. The third kappa shape index (κ3) is 12.1. The van der Waals surface area contributed by atoms with Crippen LogP contribution in [0.3, 0.4) is 0 Å². The number of hydrogen-bond donors (Lipinski definition) is 4. The largest absolute Gasteiger partial charge is 0.493 e. The molecule has 54 heavy (non-hydrogen) atoms. The zero-order chi connectivity index (χ0) is 41.6. The molecule has 17 heteroatoms. The molecule has 306 valence electrons. The van der Waals surface area contributed by atoms with E-state index in [2.05, 4.69) is 48.0 Å². The number of nitrogens with one attached hydrogen (secondary N) is 1. The second-order valence-corrected chi connectivity index (χ2v) is 27.2. The summed E-state index contributed by atoms with van der Waals surface area (Å²) in [5.74, 6) is 3.83. The van der Waals surface area contributed by atoms with Gasteiger partial charge in [0, 0.05) is 4.91 Å². The number of ether oxygens (including phenoxy) is 5. The lowest BCUT2D eigenvalue weighted by molar-refractivity contribution is -0.280. The third-order valence-electron chi connectivity index (χ3n) is 10.1. The first-order chi connectivity index (χ1) is 24.6. The molecule has 0 spiro atoms. The van der Waals surface area contributed by atoms with Crippen LogP contribution in [-0.4, -0.2) is 113 Å². The highest BCUT2D eigenvalue weighted by Gasteiger charge is 2.58. The Morgan fingerprint density at radius 3 is 1.98 bits per heavy atom. The van der Waals surface area contributed by atoms with Crippen LogP contribution in [0.15, 0.2) is 23.3 Å². The molecule has 6 atom stereocenters. The quantitative estimate of drug-likeness (QED) is 0.0564. The number of alkyl carbamates (subject to hydrolysis) is 1. The van der Waals surface area contributed by atoms with E-state index in [0.29, 0.717) is 17.1 Å². The second kappa shape index (κ2) is 17.9. The van der Waals surface area contributed by atoms with E-state index in [9.17, 15) is 25.6 Å². The highest BCUT2D eigenvalue weighted by atomic mass is 28.4. The first kappa shape index (κ1) is 47.3. The Morgan fingerprint density at radius 1 is 0.963 bits per heavy atom. The molecule has 4 N–H and O–H groups in total. The molecule has 1 amide bonds. The lowest BCUT2D eigenvalue weighted by atomic mass is 9.90. The standard InChI is InChI=1S/C37H64N4O11Si2/c1-33(2,3)50-32(44)39-36(23-43,24-48-22-25-16-17-26(46-10)27(20-25)47-11)18-19-37(45)31(40-41-38)30(52-54(14,15)35(7,8)9)29(28(21-42)49-37)51-53(12,13)34(4,5)6/h16-17,20,28-31,42-43,45H,21-24H2,1-15H3,(H,39,44)/t28-,29+,30+,31-,36+,37+/m1/s1. The topological polar surface area (TPSA) is 203 Å². The molecule has 1 saturated heterocycles. The number of aliphatic hydroxyl groups excluding tert-OH is 2. The molecule has 1 aromatic carbocycles. The minimum Gasteiger partial charge on any atom is -0.493 e. The Labute approximate surface area is 323 Å². The van der Waals surface area contributed by atoms with E-state index < -0.39 is 83.8 Å². The summed E-state index contributed by atoms with van der Waals surface area (Å²) >= 11 is 0. The molecular formula is C37H64N4O11Si2. The van der Waals surface area contributed by atoms with Gasteiger partial charge in [0.25, 0.3) is 0 Å². The van der Waals surface area contributed by atoms with E-state index >= 15 is 0 Å². The molecule has 1 aliphatic heterocycles. The number of carbonyl (C=O) groups excluding carboxylic acids is 1. The van der Waals surface area contributed by atoms with Gasteiger partial charge in [-0.25, -0.2) is 4.79 Å². The number of rotatable bonds is 14. The van der Waals surface area contributed by atoms with Gasteiger partial charge in [-0.2, -0.15) is 0 Å². The predicted octanol–water partition coefficient (Wildman–Crippen LogP) is 6.02. The van der Waals surface area contributed by atoms with Crippen LogP contribution in [0.2, 0.25) is 36.3 Å². The highest BCUT2D eigenvalue weighted by molar-refractivity contribution is 6.74. The average Bonchev–Trinajstić information content (AvgIpc) is 3.04. The van der Waals surface area contributed by atoms with Crippen molar-refractivity contribution in [3.8, 4) is 23.3 Å². The Hall–Kier alpha value is -2.89. The summed E-state index contributed by atoms with van der Waals surface area (Å²) in [5.41, 5.74) is 7.77. The molecule has 1 aliphatic rings. The lowest BCUT2D eigenvalue weighted by Crippen LogP contribution is -2.69. The Morgan fingerprint density at radius 2 is 1.52 bits per heavy atom. The molecule has 2 rings (SSSR count). The van der Waals surface area contributed by atoms with Crippen molar-refractivity contribution in [1.29, 1.82) is 0 Å². The van der Waals surface area contributed by atoms with Gasteiger partial charge < -0.3 is 53.2 Å². The Balaban J connectivity index is 2.76. The molecule has 0 radical (unpaired) electrons. The number of benzene rings is 1. The van der Waals surface area contributed by atoms with E-state index in [1.807, 2.05) is 47.0 Å². The van der Waals surface area contributed by atoms with Crippen molar-refractivity contribution >= 4 is 22.7 Å². The monoisotopic (exact) mass is 796 g/mol. The maximum Gasteiger partial charge on any atom is 0.409 e. The van der Waals surface area contributed by atoms with E-state index in [1.165, 1.54) is 14.2 Å². The molecule has 1 aromatic rings. The van der Waals surface area contributed by atoms with Gasteiger partial charge >= 0.3 is 6.09 Å². The van der Waals surface area contributed by atoms with E-state index in [0.717, 1.165) is 0 Å². The number of amides is 1. The van der Waals surface area contributed by atoms with E-state index in [-0.39, 0.29) is 16.7 Å². The zero-order valence-electron chi connectivity index (χ0n) is 34.8. The number of carbonyl (C=O) groups is 1. The maximum absolute atomic E-state index is 13.2. The van der Waals surface area contributed by atoms with E-state index in [4.69, 9.17) is 32.5 Å². The summed E-state index contributed by atoms with van der Waals surface area (Å²) in [5, 5.41) is 39.9. The van der Waals surface area contributed by atoms with Crippen LogP contribution in [0.1, 0.15) is 67.9 Å². The maximum atomic E-state index is 13.2. The van der Waals surface area contributed by atoms with Crippen molar-refractivity contribution in [3.05, 3.63) is 34.2 Å². The zero-order valence-corrected chi connectivity index (χ0v) is 36.8. The second-order valence-electron chi connectivity index (χ2n) is 17.7. The van der Waals surface area contributed by atoms with Gasteiger partial charge in [0.15, 0.2) is 33.7 Å². The van der Waals surface area contributed by atoms with Crippen LogP contribution < -0.4 is 14.8 Å². The third-order valence-corrected chi connectivity index (χ3v) is 19.1. The molecule has 0 bridgehead atoms. The fourth-order valence-electron chi connectivity index (χ4n) is 4.98. The van der Waals surface area contributed by atoms with Crippen molar-refractivity contribution < 1.29 is 52.7 Å². The number of nitrogens with zero attached hydrogens (tertiary/aromatic N) is 3. The van der Waals surface area contributed by atoms with Crippen molar-refractivity contribution in [2.24, 2.45) is 5.11 Å². The summed E-state index contributed by atoms with van der Waals surface area (Å²) in [6.07, 6.45) is -4.18. The molecule has 1 heterocycles. The van der Waals surface area contributed by atoms with Gasteiger partial charge in [0.05, 0.1) is 52.9 Å². The number of azide groups is 1. The summed E-state index contributed by atoms with van der Waals surface area (Å²) < 4.78 is 42.1. The van der Waals surface area contributed by atoms with Crippen molar-refractivity contribution in [3.63, 3.8) is 0 Å². The van der Waals surface area contributed by atoms with Crippen LogP contribution in [0, 0.1) is 11.8 Å². The van der Waals surface area contributed by atoms with Crippen LogP contribution in [0.25, 0.3) is 10.4 Å². The lowest BCUT2D eigenvalue weighted by Gasteiger charge is -2.53. The van der Waals surface area contributed by atoms with Crippen molar-refractivity contribution in [2.45, 2.75) is 146 Å². The SMILES string of the molecule is COc1ccc(COC[C@](C#C[C@]2(O)O[C@H](CO)[C@H](O[Si](C)(C)C(C)(C)C)[C@H](O[Si](C)(C)C(C)(C)C)[C@H]2N=[N+]=[N-])(CO)NC(=O)OC(C)(C)C)cc1OC. The van der Waals surface area contributed by atoms with Crippen LogP contribution in [-0.2, 0) is 29.7 Å². The molecular weight excluding hydrogens is 733 g/mol. The van der Waals surface area contributed by atoms with Gasteiger partial charge in [-0.15, -0.1) is 0 Å². The summed E-state index contributed by atoms with van der Waals surface area (Å²) in [7, 11) is -2.27. The normalized spacial score (nSPS) is 23.6.